The lowest BCUT2D eigenvalue weighted by molar-refractivity contribution is 0.330. The molecule has 0 aromatic heterocycles. The molecule has 0 spiro atoms. The average molecular weight is 239 g/mol. The lowest BCUT2D eigenvalue weighted by atomic mass is 9.82. The Hall–Kier alpha value is -0.490. The summed E-state index contributed by atoms with van der Waals surface area (Å²) in [6, 6.07) is 6.61. The molecule has 1 unspecified atom stereocenters. The van der Waals surface area contributed by atoms with E-state index in [4.69, 9.17) is 11.6 Å². The van der Waals surface area contributed by atoms with Gasteiger partial charge in [0.2, 0.25) is 0 Å². The minimum absolute atomic E-state index is 0.206. The smallest absolute Gasteiger partial charge is 0.0427 e. The van der Waals surface area contributed by atoms with Crippen molar-refractivity contribution >= 4 is 11.6 Å². The van der Waals surface area contributed by atoms with Crippen molar-refractivity contribution in [3.05, 3.63) is 34.9 Å². The Kier molecular flexibility index (Phi) is 4.43. The van der Waals surface area contributed by atoms with E-state index >= 15 is 0 Å². The second-order valence-corrected chi connectivity index (χ2v) is 5.97. The summed E-state index contributed by atoms with van der Waals surface area (Å²) >= 11 is 6.53. The van der Waals surface area contributed by atoms with E-state index in [1.165, 1.54) is 16.7 Å². The first-order chi connectivity index (χ1) is 7.36. The van der Waals surface area contributed by atoms with Crippen molar-refractivity contribution in [2.75, 3.05) is 0 Å². The molecule has 1 atom stereocenters. The molecule has 0 saturated heterocycles. The Morgan fingerprint density at radius 2 is 1.88 bits per heavy atom. The molecule has 0 fully saturated rings. The molecular weight excluding hydrogens is 216 g/mol. The summed E-state index contributed by atoms with van der Waals surface area (Å²) in [6.45, 7) is 11.0. The molecule has 0 bridgehead atoms. The summed E-state index contributed by atoms with van der Waals surface area (Å²) in [5, 5.41) is 0.206. The van der Waals surface area contributed by atoms with Crippen LogP contribution in [0.25, 0.3) is 0 Å². The minimum Gasteiger partial charge on any atom is -0.122 e. The second kappa shape index (κ2) is 5.23. The fourth-order valence-electron chi connectivity index (χ4n) is 1.71. The molecule has 0 amide bonds. The van der Waals surface area contributed by atoms with Crippen LogP contribution >= 0.6 is 11.6 Å². The third-order valence-corrected chi connectivity index (χ3v) is 4.41. The third kappa shape index (κ3) is 3.25. The van der Waals surface area contributed by atoms with Crippen LogP contribution in [-0.2, 0) is 6.42 Å². The van der Waals surface area contributed by atoms with Gasteiger partial charge in [-0.15, -0.1) is 11.6 Å². The zero-order valence-electron chi connectivity index (χ0n) is 11.1. The van der Waals surface area contributed by atoms with Crippen molar-refractivity contribution in [1.82, 2.24) is 0 Å². The van der Waals surface area contributed by atoms with Crippen LogP contribution in [0.15, 0.2) is 18.2 Å². The molecule has 0 aliphatic carbocycles. The SMILES string of the molecule is CCC(C)(C)C(Cl)Cc1cc(C)ccc1C. The highest BCUT2D eigenvalue weighted by Gasteiger charge is 2.26. The summed E-state index contributed by atoms with van der Waals surface area (Å²) in [5.74, 6) is 0. The average Bonchev–Trinajstić information content (AvgIpc) is 2.23. The van der Waals surface area contributed by atoms with Gasteiger partial charge in [-0.1, -0.05) is 44.5 Å². The lowest BCUT2D eigenvalue weighted by Crippen LogP contribution is -2.26. The molecular formula is C15H23Cl. The molecule has 0 aliphatic heterocycles. The van der Waals surface area contributed by atoms with Crippen molar-refractivity contribution in [3.8, 4) is 0 Å². The van der Waals surface area contributed by atoms with E-state index in [9.17, 15) is 0 Å². The molecule has 90 valence electrons. The van der Waals surface area contributed by atoms with Gasteiger partial charge in [-0.3, -0.25) is 0 Å². The van der Waals surface area contributed by atoms with E-state index in [-0.39, 0.29) is 10.8 Å². The normalized spacial score (nSPS) is 13.9. The first-order valence-corrected chi connectivity index (χ1v) is 6.50. The molecule has 0 aliphatic rings. The number of hydrogen-bond acceptors (Lipinski definition) is 0. The number of halogens is 1. The minimum atomic E-state index is 0.206. The largest absolute Gasteiger partial charge is 0.122 e. The monoisotopic (exact) mass is 238 g/mol. The van der Waals surface area contributed by atoms with E-state index < -0.39 is 0 Å². The molecule has 16 heavy (non-hydrogen) atoms. The van der Waals surface area contributed by atoms with Crippen LogP contribution < -0.4 is 0 Å². The van der Waals surface area contributed by atoms with Gasteiger partial charge in [0.05, 0.1) is 0 Å². The molecule has 0 radical (unpaired) electrons. The predicted octanol–water partition coefficient (Wildman–Crippen LogP) is 4.89. The van der Waals surface area contributed by atoms with Gasteiger partial charge >= 0.3 is 0 Å². The van der Waals surface area contributed by atoms with Gasteiger partial charge in [-0.05, 0) is 43.2 Å². The highest BCUT2D eigenvalue weighted by Crippen LogP contribution is 2.32. The van der Waals surface area contributed by atoms with E-state index in [2.05, 4.69) is 52.8 Å². The van der Waals surface area contributed by atoms with Crippen molar-refractivity contribution < 1.29 is 0 Å². The maximum Gasteiger partial charge on any atom is 0.0427 e. The predicted molar refractivity (Wildman–Crippen MR) is 73.3 cm³/mol. The van der Waals surface area contributed by atoms with Crippen LogP contribution in [0.4, 0.5) is 0 Å². The molecule has 1 aromatic carbocycles. The van der Waals surface area contributed by atoms with Crippen molar-refractivity contribution in [3.63, 3.8) is 0 Å². The lowest BCUT2D eigenvalue weighted by Gasteiger charge is -2.29. The first-order valence-electron chi connectivity index (χ1n) is 6.07. The van der Waals surface area contributed by atoms with Gasteiger partial charge in [0.15, 0.2) is 0 Å². The molecule has 0 N–H and O–H groups in total. The summed E-state index contributed by atoms with van der Waals surface area (Å²) in [5.41, 5.74) is 4.26. The van der Waals surface area contributed by atoms with Gasteiger partial charge < -0.3 is 0 Å². The van der Waals surface area contributed by atoms with Gasteiger partial charge in [-0.25, -0.2) is 0 Å². The molecule has 0 saturated carbocycles. The number of rotatable bonds is 4. The van der Waals surface area contributed by atoms with Crippen LogP contribution in [0.5, 0.6) is 0 Å². The molecule has 0 heterocycles. The van der Waals surface area contributed by atoms with Gasteiger partial charge in [-0.2, -0.15) is 0 Å². The van der Waals surface area contributed by atoms with Crippen LogP contribution in [0.3, 0.4) is 0 Å². The van der Waals surface area contributed by atoms with E-state index in [0.29, 0.717) is 0 Å². The van der Waals surface area contributed by atoms with Crippen molar-refractivity contribution in [1.29, 1.82) is 0 Å². The highest BCUT2D eigenvalue weighted by atomic mass is 35.5. The Balaban J connectivity index is 2.84. The number of hydrogen-bond donors (Lipinski definition) is 0. The van der Waals surface area contributed by atoms with E-state index in [0.717, 1.165) is 12.8 Å². The third-order valence-electron chi connectivity index (χ3n) is 3.66. The number of benzene rings is 1. The molecule has 1 rings (SSSR count). The standard InChI is InChI=1S/C15H23Cl/c1-6-15(4,5)14(16)10-13-9-11(2)7-8-12(13)3/h7-9,14H,6,10H2,1-5H3. The Morgan fingerprint density at radius 1 is 1.25 bits per heavy atom. The van der Waals surface area contributed by atoms with Crippen LogP contribution in [-0.4, -0.2) is 5.38 Å². The second-order valence-electron chi connectivity index (χ2n) is 5.44. The fourth-order valence-corrected chi connectivity index (χ4v) is 2.03. The van der Waals surface area contributed by atoms with E-state index in [1.807, 2.05) is 0 Å². The molecule has 1 heteroatoms. The Bertz CT molecular complexity index is 352. The quantitative estimate of drug-likeness (QED) is 0.656. The zero-order chi connectivity index (χ0) is 12.3. The van der Waals surface area contributed by atoms with Gasteiger partial charge in [0.25, 0.3) is 0 Å². The van der Waals surface area contributed by atoms with Crippen LogP contribution in [0, 0.1) is 19.3 Å². The molecule has 1 aromatic rings. The van der Waals surface area contributed by atoms with E-state index in [1.54, 1.807) is 0 Å². The van der Waals surface area contributed by atoms with Crippen LogP contribution in [0.1, 0.15) is 43.9 Å². The maximum absolute atomic E-state index is 6.53. The molecule has 0 nitrogen and oxygen atoms in total. The van der Waals surface area contributed by atoms with Crippen LogP contribution in [0.2, 0.25) is 0 Å². The summed E-state index contributed by atoms with van der Waals surface area (Å²) < 4.78 is 0. The first kappa shape index (κ1) is 13.6. The van der Waals surface area contributed by atoms with Crippen molar-refractivity contribution in [2.45, 2.75) is 52.8 Å². The number of aryl methyl sites for hydroxylation is 2. The van der Waals surface area contributed by atoms with Gasteiger partial charge in [0.1, 0.15) is 0 Å². The fraction of sp³-hybridized carbons (Fsp3) is 0.600. The highest BCUT2D eigenvalue weighted by molar-refractivity contribution is 6.21. The summed E-state index contributed by atoms with van der Waals surface area (Å²) in [6.07, 6.45) is 2.09. The number of alkyl halides is 1. The van der Waals surface area contributed by atoms with Gasteiger partial charge in [0, 0.05) is 5.38 Å². The Morgan fingerprint density at radius 3 is 2.44 bits per heavy atom. The van der Waals surface area contributed by atoms with Crippen molar-refractivity contribution in [2.24, 2.45) is 5.41 Å². The topological polar surface area (TPSA) is 0 Å². The summed E-state index contributed by atoms with van der Waals surface area (Å²) in [4.78, 5) is 0. The Labute approximate surface area is 105 Å². The maximum atomic E-state index is 6.53. The zero-order valence-corrected chi connectivity index (χ0v) is 11.9. The summed E-state index contributed by atoms with van der Waals surface area (Å²) in [7, 11) is 0.